The fourth-order valence-electron chi connectivity index (χ4n) is 2.86. The number of allylic oxidation sites excluding steroid dienone is 1. The van der Waals surface area contributed by atoms with E-state index in [2.05, 4.69) is 30.3 Å². The lowest BCUT2D eigenvalue weighted by atomic mass is 9.83. The summed E-state index contributed by atoms with van der Waals surface area (Å²) >= 11 is 1.69. The lowest BCUT2D eigenvalue weighted by molar-refractivity contribution is 0.394. The molecule has 24 heavy (non-hydrogen) atoms. The SMILES string of the molecule is CSc1ccc([C@@H]2C(C#N)=C(N)Oc3cc(N(C)C)ccc32)cc1. The summed E-state index contributed by atoms with van der Waals surface area (Å²) in [7, 11) is 3.95. The molecule has 0 saturated carbocycles. The molecule has 122 valence electrons. The molecule has 1 aliphatic rings. The molecule has 2 N–H and O–H groups in total. The summed E-state index contributed by atoms with van der Waals surface area (Å²) in [5.74, 6) is 0.683. The van der Waals surface area contributed by atoms with Gasteiger partial charge in [-0.15, -0.1) is 11.8 Å². The van der Waals surface area contributed by atoms with Gasteiger partial charge < -0.3 is 15.4 Å². The Bertz CT molecular complexity index is 835. The van der Waals surface area contributed by atoms with Gasteiger partial charge in [0.25, 0.3) is 0 Å². The summed E-state index contributed by atoms with van der Waals surface area (Å²) < 4.78 is 5.73. The number of benzene rings is 2. The van der Waals surface area contributed by atoms with Crippen LogP contribution >= 0.6 is 11.8 Å². The smallest absolute Gasteiger partial charge is 0.205 e. The highest BCUT2D eigenvalue weighted by atomic mass is 32.2. The predicted octanol–water partition coefficient (Wildman–Crippen LogP) is 3.69. The van der Waals surface area contributed by atoms with Crippen LogP contribution in [0.15, 0.2) is 58.8 Å². The van der Waals surface area contributed by atoms with Gasteiger partial charge in [-0.3, -0.25) is 0 Å². The van der Waals surface area contributed by atoms with E-state index in [0.29, 0.717) is 11.3 Å². The fourth-order valence-corrected chi connectivity index (χ4v) is 3.27. The number of hydrogen-bond donors (Lipinski definition) is 1. The third kappa shape index (κ3) is 2.81. The zero-order valence-electron chi connectivity index (χ0n) is 13.9. The van der Waals surface area contributed by atoms with Crippen molar-refractivity contribution >= 4 is 17.4 Å². The van der Waals surface area contributed by atoms with E-state index in [9.17, 15) is 5.26 Å². The van der Waals surface area contributed by atoms with E-state index in [-0.39, 0.29) is 11.8 Å². The quantitative estimate of drug-likeness (QED) is 0.866. The predicted molar refractivity (Wildman–Crippen MR) is 98.3 cm³/mol. The first-order chi connectivity index (χ1) is 11.5. The topological polar surface area (TPSA) is 62.3 Å². The van der Waals surface area contributed by atoms with Crippen molar-refractivity contribution in [1.29, 1.82) is 5.26 Å². The van der Waals surface area contributed by atoms with Crippen LogP contribution in [0.1, 0.15) is 17.0 Å². The lowest BCUT2D eigenvalue weighted by Crippen LogP contribution is -2.21. The second kappa shape index (κ2) is 6.50. The molecule has 5 heteroatoms. The van der Waals surface area contributed by atoms with Crippen molar-refractivity contribution in [2.75, 3.05) is 25.3 Å². The van der Waals surface area contributed by atoms with Gasteiger partial charge in [-0.1, -0.05) is 18.2 Å². The van der Waals surface area contributed by atoms with E-state index in [1.165, 1.54) is 4.90 Å². The molecule has 0 aromatic heterocycles. The van der Waals surface area contributed by atoms with Gasteiger partial charge in [0.05, 0.1) is 5.92 Å². The van der Waals surface area contributed by atoms with Crippen molar-refractivity contribution in [2.24, 2.45) is 5.73 Å². The average molecular weight is 337 g/mol. The molecule has 1 aliphatic heterocycles. The Morgan fingerprint density at radius 1 is 1.17 bits per heavy atom. The Morgan fingerprint density at radius 2 is 1.88 bits per heavy atom. The summed E-state index contributed by atoms with van der Waals surface area (Å²) in [5.41, 5.74) is 9.51. The first kappa shape index (κ1) is 16.3. The number of nitrogens with zero attached hydrogens (tertiary/aromatic N) is 2. The lowest BCUT2D eigenvalue weighted by Gasteiger charge is -2.27. The first-order valence-electron chi connectivity index (χ1n) is 7.58. The maximum absolute atomic E-state index is 9.58. The van der Waals surface area contributed by atoms with E-state index in [0.717, 1.165) is 16.8 Å². The molecular weight excluding hydrogens is 318 g/mol. The van der Waals surface area contributed by atoms with Gasteiger partial charge in [-0.05, 0) is 30.0 Å². The minimum atomic E-state index is -0.203. The fraction of sp³-hybridized carbons (Fsp3) is 0.211. The third-order valence-corrected chi connectivity index (χ3v) is 4.91. The standard InChI is InChI=1S/C19H19N3OS/c1-22(2)13-6-9-15-17(10-13)23-19(21)16(11-20)18(15)12-4-7-14(24-3)8-5-12/h4-10,18H,21H2,1-3H3/t18-/m0/s1. The van der Waals surface area contributed by atoms with Crippen molar-refractivity contribution in [3.63, 3.8) is 0 Å². The number of hydrogen-bond acceptors (Lipinski definition) is 5. The Kier molecular flexibility index (Phi) is 4.41. The largest absolute Gasteiger partial charge is 0.440 e. The minimum absolute atomic E-state index is 0.180. The maximum Gasteiger partial charge on any atom is 0.205 e. The second-order valence-electron chi connectivity index (χ2n) is 5.81. The molecule has 0 spiro atoms. The molecule has 0 amide bonds. The summed E-state index contributed by atoms with van der Waals surface area (Å²) in [4.78, 5) is 3.19. The number of rotatable bonds is 3. The molecular formula is C19H19N3OS. The summed E-state index contributed by atoms with van der Waals surface area (Å²) in [6, 6.07) is 16.5. The average Bonchev–Trinajstić information content (AvgIpc) is 2.60. The molecule has 0 bridgehead atoms. The van der Waals surface area contributed by atoms with Gasteiger partial charge in [0, 0.05) is 36.3 Å². The molecule has 1 atom stereocenters. The summed E-state index contributed by atoms with van der Waals surface area (Å²) in [6.45, 7) is 0. The van der Waals surface area contributed by atoms with Gasteiger partial charge in [0.15, 0.2) is 0 Å². The zero-order chi connectivity index (χ0) is 17.3. The molecule has 4 nitrogen and oxygen atoms in total. The van der Waals surface area contributed by atoms with Crippen LogP contribution in [-0.2, 0) is 0 Å². The third-order valence-electron chi connectivity index (χ3n) is 4.17. The van der Waals surface area contributed by atoms with Crippen molar-refractivity contribution in [2.45, 2.75) is 10.8 Å². The van der Waals surface area contributed by atoms with Crippen molar-refractivity contribution in [3.05, 3.63) is 65.0 Å². The molecule has 0 fully saturated rings. The Balaban J connectivity index is 2.14. The summed E-state index contributed by atoms with van der Waals surface area (Å²) in [6.07, 6.45) is 2.04. The molecule has 1 heterocycles. The van der Waals surface area contributed by atoms with Gasteiger partial charge in [-0.25, -0.2) is 0 Å². The Labute approximate surface area is 146 Å². The zero-order valence-corrected chi connectivity index (χ0v) is 14.7. The van der Waals surface area contributed by atoms with Gasteiger partial charge in [0.1, 0.15) is 17.4 Å². The number of nitrogens with two attached hydrogens (primary N) is 1. The Morgan fingerprint density at radius 3 is 2.46 bits per heavy atom. The first-order valence-corrected chi connectivity index (χ1v) is 8.80. The van der Waals surface area contributed by atoms with Crippen LogP contribution in [0.5, 0.6) is 5.75 Å². The van der Waals surface area contributed by atoms with E-state index in [1.54, 1.807) is 11.8 Å². The maximum atomic E-state index is 9.58. The van der Waals surface area contributed by atoms with Crippen LogP contribution in [-0.4, -0.2) is 20.4 Å². The number of anilines is 1. The molecule has 3 rings (SSSR count). The van der Waals surface area contributed by atoms with E-state index < -0.39 is 0 Å². The van der Waals surface area contributed by atoms with E-state index in [4.69, 9.17) is 10.5 Å². The van der Waals surface area contributed by atoms with Crippen molar-refractivity contribution < 1.29 is 4.74 Å². The minimum Gasteiger partial charge on any atom is -0.440 e. The van der Waals surface area contributed by atoms with Crippen molar-refractivity contribution in [1.82, 2.24) is 0 Å². The van der Waals surface area contributed by atoms with Crippen LogP contribution < -0.4 is 15.4 Å². The van der Waals surface area contributed by atoms with Crippen LogP contribution in [0.3, 0.4) is 0 Å². The van der Waals surface area contributed by atoms with Crippen LogP contribution in [0.4, 0.5) is 5.69 Å². The van der Waals surface area contributed by atoms with Gasteiger partial charge >= 0.3 is 0 Å². The second-order valence-corrected chi connectivity index (χ2v) is 6.69. The molecule has 0 radical (unpaired) electrons. The monoisotopic (exact) mass is 337 g/mol. The highest BCUT2D eigenvalue weighted by Crippen LogP contribution is 2.43. The summed E-state index contributed by atoms with van der Waals surface area (Å²) in [5, 5.41) is 9.58. The molecule has 0 saturated heterocycles. The van der Waals surface area contributed by atoms with Crippen LogP contribution in [0, 0.1) is 11.3 Å². The number of thioether (sulfide) groups is 1. The highest BCUT2D eigenvalue weighted by molar-refractivity contribution is 7.98. The highest BCUT2D eigenvalue weighted by Gasteiger charge is 2.30. The van der Waals surface area contributed by atoms with Gasteiger partial charge in [0.2, 0.25) is 5.88 Å². The molecule has 0 unspecified atom stereocenters. The van der Waals surface area contributed by atoms with Crippen LogP contribution in [0.25, 0.3) is 0 Å². The number of nitriles is 1. The van der Waals surface area contributed by atoms with Crippen LogP contribution in [0.2, 0.25) is 0 Å². The van der Waals surface area contributed by atoms with E-state index in [1.807, 2.05) is 43.5 Å². The number of ether oxygens (including phenoxy) is 1. The van der Waals surface area contributed by atoms with Crippen molar-refractivity contribution in [3.8, 4) is 11.8 Å². The molecule has 2 aromatic rings. The normalized spacial score (nSPS) is 16.2. The Hall–Kier alpha value is -2.58. The molecule has 0 aliphatic carbocycles. The molecule has 2 aromatic carbocycles. The number of fused-ring (bicyclic) bond motifs is 1. The van der Waals surface area contributed by atoms with Gasteiger partial charge in [-0.2, -0.15) is 5.26 Å². The van der Waals surface area contributed by atoms with E-state index >= 15 is 0 Å².